The first kappa shape index (κ1) is 26.7. The van der Waals surface area contributed by atoms with Gasteiger partial charge in [-0.3, -0.25) is 14.4 Å². The van der Waals surface area contributed by atoms with Crippen LogP contribution >= 0.6 is 0 Å². The van der Waals surface area contributed by atoms with E-state index in [0.29, 0.717) is 5.56 Å². The zero-order valence-electron chi connectivity index (χ0n) is 19.4. The quantitative estimate of drug-likeness (QED) is 0.510. The molecular formula is C24H22F3N3O5S. The van der Waals surface area contributed by atoms with Gasteiger partial charge >= 0.3 is 6.18 Å². The second-order valence-corrected chi connectivity index (χ2v) is 10.1. The normalized spacial score (nSPS) is 11.7. The molecule has 0 aliphatic carbocycles. The average molecular weight is 522 g/mol. The molecule has 12 heteroatoms. The Morgan fingerprint density at radius 1 is 1.06 bits per heavy atom. The third kappa shape index (κ3) is 6.19. The number of hydrogen-bond donors (Lipinski definition) is 2. The smallest absolute Gasteiger partial charge is 0.325 e. The second kappa shape index (κ2) is 9.97. The van der Waals surface area contributed by atoms with Gasteiger partial charge in [-0.15, -0.1) is 0 Å². The number of anilines is 2. The molecule has 36 heavy (non-hydrogen) atoms. The topological polar surface area (TPSA) is 116 Å². The van der Waals surface area contributed by atoms with Crippen LogP contribution < -0.4 is 15.8 Å². The highest BCUT2D eigenvalue weighted by molar-refractivity contribution is 7.90. The molecule has 2 aromatic carbocycles. The monoisotopic (exact) mass is 521 g/mol. The number of hydrogen-bond acceptors (Lipinski definition) is 5. The number of aryl methyl sites for hydroxylation is 1. The van der Waals surface area contributed by atoms with Crippen molar-refractivity contribution in [1.82, 2.24) is 4.98 Å². The van der Waals surface area contributed by atoms with Crippen LogP contribution in [0.3, 0.4) is 0 Å². The van der Waals surface area contributed by atoms with E-state index in [1.807, 2.05) is 0 Å². The molecule has 0 radical (unpaired) electrons. The number of nitrogens with one attached hydrogen (secondary N) is 2. The van der Waals surface area contributed by atoms with Crippen molar-refractivity contribution in [2.24, 2.45) is 0 Å². The van der Waals surface area contributed by atoms with Crippen LogP contribution in [0.1, 0.15) is 34.1 Å². The number of halogens is 3. The van der Waals surface area contributed by atoms with Crippen LogP contribution in [0.5, 0.6) is 0 Å². The Morgan fingerprint density at radius 3 is 2.25 bits per heavy atom. The largest absolute Gasteiger partial charge is 0.416 e. The van der Waals surface area contributed by atoms with Crippen molar-refractivity contribution < 1.29 is 31.2 Å². The first-order valence-electron chi connectivity index (χ1n) is 10.5. The van der Waals surface area contributed by atoms with Crippen molar-refractivity contribution in [3.63, 3.8) is 0 Å². The SMILES string of the molecule is CC(=O)Nc1cc(C(=O)N(Cc2ccc(S(C)(=O)=O)cc2)c2cccc(C(F)(F)F)c2)c(=O)[nH]c1C. The number of benzene rings is 2. The number of rotatable bonds is 6. The van der Waals surface area contributed by atoms with E-state index in [9.17, 15) is 36.0 Å². The third-order valence-corrected chi connectivity index (χ3v) is 6.33. The summed E-state index contributed by atoms with van der Waals surface area (Å²) < 4.78 is 63.6. The van der Waals surface area contributed by atoms with Gasteiger partial charge in [-0.25, -0.2) is 8.42 Å². The second-order valence-electron chi connectivity index (χ2n) is 8.09. The van der Waals surface area contributed by atoms with Crippen LogP contribution in [0.2, 0.25) is 0 Å². The Bertz CT molecular complexity index is 1480. The number of alkyl halides is 3. The fraction of sp³-hybridized carbons (Fsp3) is 0.208. The summed E-state index contributed by atoms with van der Waals surface area (Å²) >= 11 is 0. The molecule has 3 aromatic rings. The minimum absolute atomic E-state index is 0.0260. The van der Waals surface area contributed by atoms with Gasteiger partial charge in [-0.1, -0.05) is 18.2 Å². The van der Waals surface area contributed by atoms with Crippen LogP contribution in [0.15, 0.2) is 64.3 Å². The summed E-state index contributed by atoms with van der Waals surface area (Å²) in [6.07, 6.45) is -3.65. The maximum absolute atomic E-state index is 13.5. The molecule has 0 saturated heterocycles. The number of pyridine rings is 1. The van der Waals surface area contributed by atoms with Gasteiger partial charge in [-0.05, 0) is 48.9 Å². The summed E-state index contributed by atoms with van der Waals surface area (Å²) in [5.74, 6) is -1.38. The molecule has 0 aliphatic heterocycles. The molecule has 0 unspecified atom stereocenters. The number of carbonyl (C=O) groups is 2. The zero-order valence-corrected chi connectivity index (χ0v) is 20.3. The summed E-state index contributed by atoms with van der Waals surface area (Å²) in [6.45, 7) is 2.48. The minimum Gasteiger partial charge on any atom is -0.325 e. The number of aromatic amines is 1. The standard InChI is InChI=1S/C24H22F3N3O5S/c1-14-21(29-15(2)31)12-20(22(32)28-14)23(33)30(18-6-4-5-17(11-18)24(25,26)27)13-16-7-9-19(10-8-16)36(3,34)35/h4-12H,13H2,1-3H3,(H,28,32)(H,29,31). The molecule has 0 atom stereocenters. The highest BCUT2D eigenvalue weighted by Gasteiger charge is 2.32. The molecule has 2 N–H and O–H groups in total. The molecule has 0 bridgehead atoms. The fourth-order valence-corrected chi connectivity index (χ4v) is 4.03. The van der Waals surface area contributed by atoms with Crippen LogP contribution in [0.4, 0.5) is 24.5 Å². The van der Waals surface area contributed by atoms with Crippen molar-refractivity contribution in [2.45, 2.75) is 31.5 Å². The van der Waals surface area contributed by atoms with Gasteiger partial charge in [0.1, 0.15) is 5.56 Å². The summed E-state index contributed by atoms with van der Waals surface area (Å²) in [7, 11) is -3.49. The zero-order chi connectivity index (χ0) is 26.8. The van der Waals surface area contributed by atoms with E-state index in [1.54, 1.807) is 0 Å². The first-order chi connectivity index (χ1) is 16.7. The van der Waals surface area contributed by atoms with Crippen molar-refractivity contribution in [1.29, 1.82) is 0 Å². The molecule has 0 saturated carbocycles. The van der Waals surface area contributed by atoms with Gasteiger partial charge in [0.2, 0.25) is 5.91 Å². The molecule has 8 nitrogen and oxygen atoms in total. The predicted octanol–water partition coefficient (Wildman–Crippen LogP) is 3.91. The predicted molar refractivity (Wildman–Crippen MR) is 128 cm³/mol. The van der Waals surface area contributed by atoms with Gasteiger partial charge in [0, 0.05) is 24.6 Å². The average Bonchev–Trinajstić information content (AvgIpc) is 2.78. The number of carbonyl (C=O) groups excluding carboxylic acids is 2. The number of aromatic nitrogens is 1. The summed E-state index contributed by atoms with van der Waals surface area (Å²) in [6, 6.07) is 10.7. The van der Waals surface area contributed by atoms with Crippen LogP contribution in [0.25, 0.3) is 0 Å². The van der Waals surface area contributed by atoms with Gasteiger partial charge < -0.3 is 15.2 Å². The first-order valence-corrected chi connectivity index (χ1v) is 12.4. The lowest BCUT2D eigenvalue weighted by molar-refractivity contribution is -0.137. The van der Waals surface area contributed by atoms with E-state index >= 15 is 0 Å². The molecule has 1 heterocycles. The van der Waals surface area contributed by atoms with Gasteiger partial charge in [-0.2, -0.15) is 13.2 Å². The Balaban J connectivity index is 2.12. The van der Waals surface area contributed by atoms with E-state index in [-0.39, 0.29) is 28.5 Å². The van der Waals surface area contributed by atoms with Crippen molar-refractivity contribution >= 4 is 33.0 Å². The van der Waals surface area contributed by atoms with Crippen molar-refractivity contribution in [3.05, 3.63) is 87.3 Å². The lowest BCUT2D eigenvalue weighted by Crippen LogP contribution is -2.35. The van der Waals surface area contributed by atoms with E-state index in [0.717, 1.165) is 35.4 Å². The molecule has 0 spiro atoms. The molecule has 0 aliphatic rings. The van der Waals surface area contributed by atoms with E-state index in [4.69, 9.17) is 0 Å². The van der Waals surface area contributed by atoms with Gasteiger partial charge in [0.15, 0.2) is 9.84 Å². The summed E-state index contributed by atoms with van der Waals surface area (Å²) in [5, 5.41) is 2.49. The summed E-state index contributed by atoms with van der Waals surface area (Å²) in [5.41, 5.74) is -1.49. The number of nitrogens with zero attached hydrogens (tertiary/aromatic N) is 1. The maximum atomic E-state index is 13.5. The number of sulfone groups is 1. The lowest BCUT2D eigenvalue weighted by Gasteiger charge is -2.24. The Labute approximate surface area is 204 Å². The Kier molecular flexibility index (Phi) is 7.39. The maximum Gasteiger partial charge on any atom is 0.416 e. The van der Waals surface area contributed by atoms with E-state index in [2.05, 4.69) is 10.3 Å². The van der Waals surface area contributed by atoms with Crippen LogP contribution in [-0.2, 0) is 27.4 Å². The van der Waals surface area contributed by atoms with Gasteiger partial charge in [0.25, 0.3) is 11.5 Å². The van der Waals surface area contributed by atoms with Crippen LogP contribution in [0, 0.1) is 6.92 Å². The molecular weight excluding hydrogens is 499 g/mol. The fourth-order valence-electron chi connectivity index (χ4n) is 3.40. The van der Waals surface area contributed by atoms with Crippen LogP contribution in [-0.4, -0.2) is 31.5 Å². The third-order valence-electron chi connectivity index (χ3n) is 5.20. The Hall–Kier alpha value is -3.93. The van der Waals surface area contributed by atoms with E-state index in [1.165, 1.54) is 44.2 Å². The van der Waals surface area contributed by atoms with E-state index < -0.39 is 44.5 Å². The van der Waals surface area contributed by atoms with Crippen molar-refractivity contribution in [2.75, 3.05) is 16.5 Å². The summed E-state index contributed by atoms with van der Waals surface area (Å²) in [4.78, 5) is 41.1. The highest BCUT2D eigenvalue weighted by Crippen LogP contribution is 2.32. The lowest BCUT2D eigenvalue weighted by atomic mass is 10.1. The number of H-pyrrole nitrogens is 1. The Morgan fingerprint density at radius 2 is 1.69 bits per heavy atom. The molecule has 1 aromatic heterocycles. The molecule has 3 rings (SSSR count). The molecule has 0 fully saturated rings. The van der Waals surface area contributed by atoms with Crippen molar-refractivity contribution in [3.8, 4) is 0 Å². The van der Waals surface area contributed by atoms with Gasteiger partial charge in [0.05, 0.1) is 22.7 Å². The number of amides is 2. The molecule has 2 amide bonds. The highest BCUT2D eigenvalue weighted by atomic mass is 32.2. The minimum atomic E-state index is -4.68. The molecule has 190 valence electrons.